The van der Waals surface area contributed by atoms with E-state index in [9.17, 15) is 14.4 Å². The summed E-state index contributed by atoms with van der Waals surface area (Å²) >= 11 is 1.45. The number of fused-ring (bicyclic) bond motifs is 2. The molecule has 4 heterocycles. The largest absolute Gasteiger partial charge is 0.324 e. The molecule has 2 aromatic heterocycles. The zero-order valence-corrected chi connectivity index (χ0v) is 19.3. The number of piperazine rings is 1. The van der Waals surface area contributed by atoms with Gasteiger partial charge in [-0.25, -0.2) is 4.98 Å². The number of aromatic nitrogens is 2. The van der Waals surface area contributed by atoms with Gasteiger partial charge in [-0.15, -0.1) is 11.3 Å². The van der Waals surface area contributed by atoms with Crippen molar-refractivity contribution in [1.29, 1.82) is 0 Å². The molecule has 10 heteroatoms. The second kappa shape index (κ2) is 9.05. The Morgan fingerprint density at radius 2 is 1.91 bits per heavy atom. The number of benzene rings is 1. The van der Waals surface area contributed by atoms with Crippen molar-refractivity contribution in [1.82, 2.24) is 19.2 Å². The predicted octanol–water partition coefficient (Wildman–Crippen LogP) is 1.64. The molecule has 1 N–H and O–H groups in total. The van der Waals surface area contributed by atoms with Crippen molar-refractivity contribution in [3.63, 3.8) is 0 Å². The quantitative estimate of drug-likeness (QED) is 0.629. The van der Waals surface area contributed by atoms with E-state index in [0.717, 1.165) is 37.6 Å². The Kier molecular flexibility index (Phi) is 5.96. The van der Waals surface area contributed by atoms with Gasteiger partial charge in [-0.3, -0.25) is 28.6 Å². The summed E-state index contributed by atoms with van der Waals surface area (Å²) in [6, 6.07) is 8.85. The van der Waals surface area contributed by atoms with Crippen molar-refractivity contribution in [3.8, 4) is 0 Å². The van der Waals surface area contributed by atoms with E-state index in [4.69, 9.17) is 0 Å². The minimum Gasteiger partial charge on any atom is -0.324 e. The van der Waals surface area contributed by atoms with Gasteiger partial charge in [0, 0.05) is 62.8 Å². The Balaban J connectivity index is 1.21. The molecular weight excluding hydrogens is 440 g/mol. The first-order chi connectivity index (χ1) is 16.0. The van der Waals surface area contributed by atoms with Crippen LogP contribution >= 0.6 is 11.3 Å². The molecule has 1 fully saturated rings. The zero-order chi connectivity index (χ0) is 22.9. The lowest BCUT2D eigenvalue weighted by molar-refractivity contribution is -0.120. The third-order valence-corrected chi connectivity index (χ3v) is 6.95. The highest BCUT2D eigenvalue weighted by Gasteiger charge is 2.31. The predicted molar refractivity (Wildman–Crippen MR) is 128 cm³/mol. The Labute approximate surface area is 195 Å². The molecule has 0 unspecified atom stereocenters. The van der Waals surface area contributed by atoms with Crippen molar-refractivity contribution in [2.45, 2.75) is 25.9 Å². The fraction of sp³-hybridized carbons (Fsp3) is 0.391. The second-order valence-corrected chi connectivity index (χ2v) is 9.45. The first-order valence-corrected chi connectivity index (χ1v) is 12.0. The molecule has 0 spiro atoms. The summed E-state index contributed by atoms with van der Waals surface area (Å²) in [6.07, 6.45) is 2.01. The maximum absolute atomic E-state index is 13.3. The Hall–Kier alpha value is -3.08. The lowest BCUT2D eigenvalue weighted by Gasteiger charge is -2.36. The van der Waals surface area contributed by atoms with Gasteiger partial charge in [0.05, 0.1) is 23.6 Å². The molecule has 172 valence electrons. The van der Waals surface area contributed by atoms with E-state index in [2.05, 4.69) is 20.1 Å². The molecule has 0 saturated carbocycles. The third kappa shape index (κ3) is 4.54. The van der Waals surface area contributed by atoms with Crippen LogP contribution in [0.2, 0.25) is 0 Å². The number of hydrogen-bond donors (Lipinski definition) is 1. The minimum absolute atomic E-state index is 0.00210. The molecule has 1 saturated heterocycles. The molecule has 0 aliphatic carbocycles. The third-order valence-electron chi connectivity index (χ3n) is 6.19. The number of nitrogens with one attached hydrogen (secondary N) is 1. The van der Waals surface area contributed by atoms with Gasteiger partial charge in [-0.05, 0) is 19.1 Å². The average molecular weight is 467 g/mol. The molecule has 2 amide bonds. The lowest BCUT2D eigenvalue weighted by Crippen LogP contribution is -2.51. The van der Waals surface area contributed by atoms with E-state index in [1.165, 1.54) is 11.3 Å². The van der Waals surface area contributed by atoms with E-state index in [1.807, 2.05) is 36.6 Å². The Bertz CT molecular complexity index is 1250. The van der Waals surface area contributed by atoms with Crippen LogP contribution in [0.15, 0.2) is 46.7 Å². The molecule has 0 bridgehead atoms. The van der Waals surface area contributed by atoms with Crippen LogP contribution in [0, 0.1) is 0 Å². The van der Waals surface area contributed by atoms with E-state index in [-0.39, 0.29) is 29.8 Å². The van der Waals surface area contributed by atoms with E-state index in [1.54, 1.807) is 21.6 Å². The highest BCUT2D eigenvalue weighted by Crippen LogP contribution is 2.31. The molecule has 5 rings (SSSR count). The first-order valence-electron chi connectivity index (χ1n) is 11.1. The number of thiazole rings is 1. The van der Waals surface area contributed by atoms with Crippen LogP contribution in [-0.4, -0.2) is 69.8 Å². The number of rotatable bonds is 4. The van der Waals surface area contributed by atoms with Crippen LogP contribution in [0.5, 0.6) is 0 Å². The standard InChI is InChI=1S/C23H26N6O3S/c1-16-12-20(30)25-18-4-2-3-5-19(18)29(16)22(32)15-27-8-6-26(7-9-27)14-17-13-21(31)28-10-11-33-23(28)24-17/h2-5,10-11,13,16H,6-9,12,14-15H2,1H3,(H,25,30)/t16-/m0/s1. The number of carbonyl (C=O) groups is 2. The van der Waals surface area contributed by atoms with Gasteiger partial charge in [0.2, 0.25) is 11.8 Å². The normalized spacial score (nSPS) is 19.8. The van der Waals surface area contributed by atoms with Gasteiger partial charge in [0.25, 0.3) is 5.56 Å². The highest BCUT2D eigenvalue weighted by molar-refractivity contribution is 7.15. The molecule has 3 aromatic rings. The molecule has 2 aliphatic heterocycles. The molecule has 1 aromatic carbocycles. The van der Waals surface area contributed by atoms with E-state index in [0.29, 0.717) is 23.7 Å². The van der Waals surface area contributed by atoms with Gasteiger partial charge >= 0.3 is 0 Å². The SMILES string of the molecule is C[C@H]1CC(=O)Nc2ccccc2N1C(=O)CN1CCN(Cc2cc(=O)n3ccsc3n2)CC1. The number of para-hydroxylation sites is 2. The summed E-state index contributed by atoms with van der Waals surface area (Å²) in [7, 11) is 0. The molecule has 1 atom stereocenters. The fourth-order valence-corrected chi connectivity index (χ4v) is 5.28. The van der Waals surface area contributed by atoms with Gasteiger partial charge in [0.1, 0.15) is 0 Å². The van der Waals surface area contributed by atoms with Crippen molar-refractivity contribution in [3.05, 3.63) is 58.0 Å². The van der Waals surface area contributed by atoms with Crippen LogP contribution < -0.4 is 15.8 Å². The summed E-state index contributed by atoms with van der Waals surface area (Å²) in [5, 5.41) is 4.76. The lowest BCUT2D eigenvalue weighted by atomic mass is 10.1. The van der Waals surface area contributed by atoms with Crippen molar-refractivity contribution in [2.24, 2.45) is 0 Å². The Morgan fingerprint density at radius 1 is 1.15 bits per heavy atom. The average Bonchev–Trinajstić information content (AvgIpc) is 3.21. The van der Waals surface area contributed by atoms with Gasteiger partial charge in [0.15, 0.2) is 4.96 Å². The highest BCUT2D eigenvalue weighted by atomic mass is 32.1. The summed E-state index contributed by atoms with van der Waals surface area (Å²) in [5.41, 5.74) is 2.15. The number of hydrogen-bond acceptors (Lipinski definition) is 7. The smallest absolute Gasteiger partial charge is 0.258 e. The van der Waals surface area contributed by atoms with Gasteiger partial charge in [-0.2, -0.15) is 0 Å². The van der Waals surface area contributed by atoms with E-state index < -0.39 is 0 Å². The monoisotopic (exact) mass is 466 g/mol. The fourth-order valence-electron chi connectivity index (χ4n) is 4.54. The van der Waals surface area contributed by atoms with Crippen molar-refractivity contribution < 1.29 is 9.59 Å². The molecule has 33 heavy (non-hydrogen) atoms. The topological polar surface area (TPSA) is 90.3 Å². The number of amides is 2. The van der Waals surface area contributed by atoms with Gasteiger partial charge in [-0.1, -0.05) is 12.1 Å². The number of anilines is 2. The maximum atomic E-state index is 13.3. The maximum Gasteiger partial charge on any atom is 0.258 e. The molecular formula is C23H26N6O3S. The first kappa shape index (κ1) is 21.7. The zero-order valence-electron chi connectivity index (χ0n) is 18.4. The number of nitrogens with zero attached hydrogens (tertiary/aromatic N) is 5. The van der Waals surface area contributed by atoms with Crippen LogP contribution in [0.25, 0.3) is 4.96 Å². The molecule has 0 radical (unpaired) electrons. The second-order valence-electron chi connectivity index (χ2n) is 8.58. The van der Waals surface area contributed by atoms with Crippen LogP contribution in [0.1, 0.15) is 19.0 Å². The van der Waals surface area contributed by atoms with Crippen LogP contribution in [0.3, 0.4) is 0 Å². The summed E-state index contributed by atoms with van der Waals surface area (Å²) in [5.74, 6) is -0.0782. The van der Waals surface area contributed by atoms with Crippen LogP contribution in [-0.2, 0) is 16.1 Å². The van der Waals surface area contributed by atoms with Crippen molar-refractivity contribution in [2.75, 3.05) is 42.9 Å². The molecule has 2 aliphatic rings. The summed E-state index contributed by atoms with van der Waals surface area (Å²) < 4.78 is 1.56. The van der Waals surface area contributed by atoms with E-state index >= 15 is 0 Å². The number of carbonyl (C=O) groups excluding carboxylic acids is 2. The van der Waals surface area contributed by atoms with Crippen molar-refractivity contribution >= 4 is 39.5 Å². The Morgan fingerprint density at radius 3 is 2.73 bits per heavy atom. The molecule has 9 nitrogen and oxygen atoms in total. The van der Waals surface area contributed by atoms with Gasteiger partial charge < -0.3 is 10.2 Å². The summed E-state index contributed by atoms with van der Waals surface area (Å²) in [6.45, 7) is 5.95. The minimum atomic E-state index is -0.208. The summed E-state index contributed by atoms with van der Waals surface area (Å²) in [4.78, 5) is 49.2. The van der Waals surface area contributed by atoms with Crippen LogP contribution in [0.4, 0.5) is 11.4 Å².